The molecular formula is C26H27ClFN5O3. The van der Waals surface area contributed by atoms with Crippen molar-refractivity contribution in [1.29, 1.82) is 0 Å². The van der Waals surface area contributed by atoms with Gasteiger partial charge in [-0.3, -0.25) is 9.55 Å². The topological polar surface area (TPSA) is 91.0 Å². The van der Waals surface area contributed by atoms with E-state index in [1.165, 1.54) is 10.6 Å². The van der Waals surface area contributed by atoms with E-state index in [4.69, 9.17) is 16.3 Å². The number of aromatic nitrogens is 4. The Kier molecular flexibility index (Phi) is 7.40. The minimum atomic E-state index is -0.950. The van der Waals surface area contributed by atoms with Gasteiger partial charge >= 0.3 is 11.4 Å². The predicted octanol–water partition coefficient (Wildman–Crippen LogP) is 4.29. The van der Waals surface area contributed by atoms with Crippen LogP contribution in [-0.2, 0) is 17.8 Å². The van der Waals surface area contributed by atoms with E-state index in [0.29, 0.717) is 17.1 Å². The first-order chi connectivity index (χ1) is 17.1. The average Bonchev–Trinajstić information content (AvgIpc) is 2.83. The molecule has 0 aliphatic heterocycles. The number of allylic oxidation sites excluding steroid dienone is 1. The summed E-state index contributed by atoms with van der Waals surface area (Å²) in [4.78, 5) is 34.9. The Morgan fingerprint density at radius 3 is 2.53 bits per heavy atom. The molecule has 0 saturated heterocycles. The third kappa shape index (κ3) is 5.91. The van der Waals surface area contributed by atoms with Gasteiger partial charge in [0.2, 0.25) is 5.95 Å². The zero-order valence-corrected chi connectivity index (χ0v) is 21.0. The second-order valence-corrected chi connectivity index (χ2v) is 9.53. The SMILES string of the molecule is CC(C)OC1=CCC(C)(Nc2nc(=O)n(Cc3ccccn3)c(=O)n2Cc2ccc(Cl)cc2)C=C1F. The summed E-state index contributed by atoms with van der Waals surface area (Å²) >= 11 is 6.01. The number of pyridine rings is 1. The molecule has 36 heavy (non-hydrogen) atoms. The first kappa shape index (κ1) is 25.4. The monoisotopic (exact) mass is 511 g/mol. The van der Waals surface area contributed by atoms with Crippen LogP contribution in [0.1, 0.15) is 38.4 Å². The zero-order valence-electron chi connectivity index (χ0n) is 20.2. The zero-order chi connectivity index (χ0) is 25.9. The molecule has 0 spiro atoms. The molecule has 0 amide bonds. The number of hydrogen-bond donors (Lipinski definition) is 1. The van der Waals surface area contributed by atoms with Crippen LogP contribution in [0.3, 0.4) is 0 Å². The molecule has 0 bridgehead atoms. The van der Waals surface area contributed by atoms with E-state index in [0.717, 1.165) is 10.1 Å². The van der Waals surface area contributed by atoms with Gasteiger partial charge in [0.15, 0.2) is 11.6 Å². The average molecular weight is 512 g/mol. The lowest BCUT2D eigenvalue weighted by Gasteiger charge is -2.31. The second kappa shape index (κ2) is 10.5. The first-order valence-corrected chi connectivity index (χ1v) is 11.9. The van der Waals surface area contributed by atoms with Crippen molar-refractivity contribution < 1.29 is 9.13 Å². The number of halogens is 2. The highest BCUT2D eigenvalue weighted by molar-refractivity contribution is 6.30. The van der Waals surface area contributed by atoms with Gasteiger partial charge in [0.25, 0.3) is 0 Å². The molecule has 2 aromatic heterocycles. The highest BCUT2D eigenvalue weighted by atomic mass is 35.5. The fraction of sp³-hybridized carbons (Fsp3) is 0.308. The summed E-state index contributed by atoms with van der Waals surface area (Å²) in [6.45, 7) is 5.48. The standard InChI is InChI=1S/C26H27ClFN5O3/c1-17(2)36-22-11-12-26(3,14-21(22)28)31-23-30-24(34)33(16-20-6-4-5-13-29-20)25(35)32(23)15-18-7-9-19(27)10-8-18/h4-11,13-14,17H,12,15-16H2,1-3H3,(H,30,31,34). The van der Waals surface area contributed by atoms with Crippen molar-refractivity contribution >= 4 is 17.5 Å². The number of nitrogens with one attached hydrogen (secondary N) is 1. The largest absolute Gasteiger partial charge is 0.488 e. The van der Waals surface area contributed by atoms with Crippen LogP contribution >= 0.6 is 11.6 Å². The lowest BCUT2D eigenvalue weighted by molar-refractivity contribution is 0.142. The minimum Gasteiger partial charge on any atom is -0.488 e. The summed E-state index contributed by atoms with van der Waals surface area (Å²) in [5, 5.41) is 3.67. The van der Waals surface area contributed by atoms with Crippen molar-refractivity contribution in [2.24, 2.45) is 0 Å². The number of nitrogens with zero attached hydrogens (tertiary/aromatic N) is 4. The van der Waals surface area contributed by atoms with Crippen molar-refractivity contribution in [2.75, 3.05) is 5.32 Å². The molecule has 8 nitrogen and oxygen atoms in total. The van der Waals surface area contributed by atoms with Gasteiger partial charge in [0, 0.05) is 11.2 Å². The Bertz CT molecular complexity index is 1410. The predicted molar refractivity (Wildman–Crippen MR) is 137 cm³/mol. The second-order valence-electron chi connectivity index (χ2n) is 9.09. The molecule has 0 saturated carbocycles. The molecule has 0 fully saturated rings. The molecule has 1 unspecified atom stereocenters. The molecule has 1 aromatic carbocycles. The van der Waals surface area contributed by atoms with Crippen molar-refractivity contribution in [3.63, 3.8) is 0 Å². The van der Waals surface area contributed by atoms with E-state index in [9.17, 15) is 14.0 Å². The van der Waals surface area contributed by atoms with Gasteiger partial charge < -0.3 is 10.1 Å². The van der Waals surface area contributed by atoms with E-state index in [2.05, 4.69) is 15.3 Å². The van der Waals surface area contributed by atoms with Crippen molar-refractivity contribution in [3.8, 4) is 0 Å². The van der Waals surface area contributed by atoms with E-state index >= 15 is 0 Å². The highest BCUT2D eigenvalue weighted by Crippen LogP contribution is 2.30. The molecule has 0 radical (unpaired) electrons. The van der Waals surface area contributed by atoms with Crippen LogP contribution in [0.5, 0.6) is 0 Å². The Balaban J connectivity index is 1.73. The summed E-state index contributed by atoms with van der Waals surface area (Å²) in [6.07, 6.45) is 4.79. The molecule has 188 valence electrons. The van der Waals surface area contributed by atoms with E-state index < -0.39 is 22.7 Å². The van der Waals surface area contributed by atoms with Crippen LogP contribution < -0.4 is 16.7 Å². The van der Waals surface area contributed by atoms with Gasteiger partial charge in [-0.2, -0.15) is 4.98 Å². The first-order valence-electron chi connectivity index (χ1n) is 11.5. The fourth-order valence-corrected chi connectivity index (χ4v) is 3.97. The van der Waals surface area contributed by atoms with Crippen LogP contribution in [0, 0.1) is 0 Å². The van der Waals surface area contributed by atoms with E-state index in [1.54, 1.807) is 61.7 Å². The highest BCUT2D eigenvalue weighted by Gasteiger charge is 2.30. The van der Waals surface area contributed by atoms with Gasteiger partial charge in [-0.1, -0.05) is 29.8 Å². The number of benzene rings is 1. The molecule has 10 heteroatoms. The Labute approximate surface area is 212 Å². The van der Waals surface area contributed by atoms with Crippen LogP contribution in [0.15, 0.2) is 82.0 Å². The van der Waals surface area contributed by atoms with Crippen LogP contribution in [-0.4, -0.2) is 30.7 Å². The van der Waals surface area contributed by atoms with Gasteiger partial charge in [-0.05, 0) is 69.2 Å². The molecule has 1 atom stereocenters. The summed E-state index contributed by atoms with van der Waals surface area (Å²) in [5.74, 6) is -0.327. The van der Waals surface area contributed by atoms with Crippen LogP contribution in [0.4, 0.5) is 10.3 Å². The molecular weight excluding hydrogens is 485 g/mol. The summed E-state index contributed by atoms with van der Waals surface area (Å²) < 4.78 is 22.7. The molecule has 1 aliphatic carbocycles. The summed E-state index contributed by atoms with van der Waals surface area (Å²) in [6, 6.07) is 12.3. The normalized spacial score (nSPS) is 17.5. The molecule has 4 rings (SSSR count). The van der Waals surface area contributed by atoms with Gasteiger partial charge in [-0.25, -0.2) is 18.5 Å². The molecule has 1 N–H and O–H groups in total. The lowest BCUT2D eigenvalue weighted by atomic mass is 9.92. The summed E-state index contributed by atoms with van der Waals surface area (Å²) in [7, 11) is 0. The third-order valence-corrected chi connectivity index (χ3v) is 5.85. The van der Waals surface area contributed by atoms with Crippen LogP contribution in [0.2, 0.25) is 5.02 Å². The smallest absolute Gasteiger partial charge is 0.355 e. The number of hydrogen-bond acceptors (Lipinski definition) is 6. The Morgan fingerprint density at radius 2 is 1.89 bits per heavy atom. The van der Waals surface area contributed by atoms with Gasteiger partial charge in [-0.15, -0.1) is 0 Å². The quantitative estimate of drug-likeness (QED) is 0.485. The van der Waals surface area contributed by atoms with Gasteiger partial charge in [0.1, 0.15) is 0 Å². The molecule has 1 aliphatic rings. The number of rotatable bonds is 8. The third-order valence-electron chi connectivity index (χ3n) is 5.60. The maximum atomic E-state index is 14.8. The maximum absolute atomic E-state index is 14.8. The van der Waals surface area contributed by atoms with Gasteiger partial charge in [0.05, 0.1) is 30.4 Å². The van der Waals surface area contributed by atoms with Crippen LogP contribution in [0.25, 0.3) is 0 Å². The Morgan fingerprint density at radius 1 is 1.14 bits per heavy atom. The van der Waals surface area contributed by atoms with E-state index in [-0.39, 0.29) is 30.9 Å². The minimum absolute atomic E-state index is 0.0309. The van der Waals surface area contributed by atoms with E-state index in [1.807, 2.05) is 13.8 Å². The number of anilines is 1. The van der Waals surface area contributed by atoms with Crippen molar-refractivity contribution in [3.05, 3.63) is 110 Å². The molecule has 3 aromatic rings. The van der Waals surface area contributed by atoms with Crippen molar-refractivity contribution in [2.45, 2.75) is 51.9 Å². The maximum Gasteiger partial charge on any atom is 0.355 e. The van der Waals surface area contributed by atoms with Crippen molar-refractivity contribution in [1.82, 2.24) is 19.1 Å². The summed E-state index contributed by atoms with van der Waals surface area (Å²) in [5.41, 5.74) is -0.929. The Hall–Kier alpha value is -3.72. The lowest BCUT2D eigenvalue weighted by Crippen LogP contribution is -2.46. The number of ether oxygens (including phenoxy) is 1. The fourth-order valence-electron chi connectivity index (χ4n) is 3.84. The molecule has 2 heterocycles.